The van der Waals surface area contributed by atoms with Gasteiger partial charge >= 0.3 is 18.3 Å². The average Bonchev–Trinajstić information content (AvgIpc) is 2.84. The quantitative estimate of drug-likeness (QED) is 0.204. The molecule has 3 aromatic rings. The van der Waals surface area contributed by atoms with Crippen LogP contribution in [-0.4, -0.2) is 17.4 Å². The number of carbonyl (C=O) groups excluding carboxylic acids is 1. The van der Waals surface area contributed by atoms with E-state index in [1.54, 1.807) is 35.2 Å². The Hall–Kier alpha value is -3.66. The van der Waals surface area contributed by atoms with E-state index in [-0.39, 0.29) is 24.7 Å². The van der Waals surface area contributed by atoms with Gasteiger partial charge in [0.2, 0.25) is 0 Å². The molecule has 37 heavy (non-hydrogen) atoms. The van der Waals surface area contributed by atoms with Crippen LogP contribution in [0.4, 0.5) is 30.7 Å². The van der Waals surface area contributed by atoms with Gasteiger partial charge in [0, 0.05) is 13.1 Å². The molecule has 2 unspecified atom stereocenters. The molecule has 194 valence electrons. The minimum Gasteiger partial charge on any atom is -0.454 e. The van der Waals surface area contributed by atoms with Crippen LogP contribution >= 0.6 is 0 Å². The first-order valence-corrected chi connectivity index (χ1v) is 11.0. The van der Waals surface area contributed by atoms with Crippen molar-refractivity contribution < 1.29 is 40.3 Å². The Morgan fingerprint density at radius 3 is 2.00 bits per heavy atom. The Balaban J connectivity index is 1.83. The zero-order valence-electron chi connectivity index (χ0n) is 19.1. The third kappa shape index (κ3) is 5.24. The summed E-state index contributed by atoms with van der Waals surface area (Å²) in [6, 6.07) is 14.8. The van der Waals surface area contributed by atoms with Crippen molar-refractivity contribution in [1.29, 1.82) is 0 Å². The molecule has 10 heteroatoms. The van der Waals surface area contributed by atoms with E-state index in [0.29, 0.717) is 17.7 Å². The Morgan fingerprint density at radius 1 is 0.919 bits per heavy atom. The summed E-state index contributed by atoms with van der Waals surface area (Å²) in [5.41, 5.74) is -4.16. The van der Waals surface area contributed by atoms with Crippen molar-refractivity contribution >= 4 is 5.97 Å². The molecule has 1 saturated heterocycles. The fraction of sp³-hybridized carbons (Fsp3) is 0.222. The largest absolute Gasteiger partial charge is 0.454 e. The van der Waals surface area contributed by atoms with Crippen molar-refractivity contribution in [3.63, 3.8) is 0 Å². The molecule has 0 N–H and O–H groups in total. The normalized spacial score (nSPS) is 20.9. The van der Waals surface area contributed by atoms with Crippen molar-refractivity contribution in [2.24, 2.45) is 0 Å². The summed E-state index contributed by atoms with van der Waals surface area (Å²) in [7, 11) is 0. The van der Waals surface area contributed by atoms with E-state index in [1.165, 1.54) is 18.2 Å². The van der Waals surface area contributed by atoms with E-state index in [2.05, 4.69) is 6.58 Å². The van der Waals surface area contributed by atoms with E-state index in [0.717, 1.165) is 12.1 Å². The zero-order chi connectivity index (χ0) is 27.0. The second kappa shape index (κ2) is 9.66. The Morgan fingerprint density at radius 2 is 1.49 bits per heavy atom. The second-order valence-electron chi connectivity index (χ2n) is 8.58. The molecule has 2 atom stereocenters. The summed E-state index contributed by atoms with van der Waals surface area (Å²) in [6.07, 6.45) is -10.3. The Bertz CT molecular complexity index is 1250. The number of esters is 1. The molecule has 0 radical (unpaired) electrons. The molecule has 1 fully saturated rings. The van der Waals surface area contributed by atoms with Crippen LogP contribution in [0, 0.1) is 5.82 Å². The standard InChI is InChI=1S/C27H20F7NO2/c1-2-25(19-8-10-22(28)11-9-19)24(36)37-23(16-35(25)15-17-6-4-3-5-7-17)18-12-20(26(29,30)31)14-21(13-18)27(32,33)34/h2-14,23H,1,15-16H2. The van der Waals surface area contributed by atoms with Gasteiger partial charge in [0.25, 0.3) is 0 Å². The van der Waals surface area contributed by atoms with Crippen LogP contribution in [0.5, 0.6) is 0 Å². The highest BCUT2D eigenvalue weighted by Crippen LogP contribution is 2.43. The molecule has 0 bridgehead atoms. The van der Waals surface area contributed by atoms with E-state index in [9.17, 15) is 35.5 Å². The number of hydrogen-bond acceptors (Lipinski definition) is 3. The van der Waals surface area contributed by atoms with Crippen LogP contribution < -0.4 is 0 Å². The van der Waals surface area contributed by atoms with Crippen molar-refractivity contribution in [1.82, 2.24) is 4.90 Å². The Kier molecular flexibility index (Phi) is 6.89. The lowest BCUT2D eigenvalue weighted by Gasteiger charge is -2.46. The topological polar surface area (TPSA) is 29.5 Å². The molecule has 4 rings (SSSR count). The maximum absolute atomic E-state index is 13.6. The fourth-order valence-electron chi connectivity index (χ4n) is 4.40. The molecule has 1 aliphatic rings. The number of alkyl halides is 6. The Labute approximate surface area is 207 Å². The molecule has 0 aromatic heterocycles. The minimum absolute atomic E-state index is 0.0163. The molecular formula is C27H20F7NO2. The summed E-state index contributed by atoms with van der Waals surface area (Å²) in [5, 5.41) is 0. The van der Waals surface area contributed by atoms with E-state index < -0.39 is 52.5 Å². The number of benzene rings is 3. The number of carbonyl (C=O) groups is 1. The first-order valence-electron chi connectivity index (χ1n) is 11.0. The highest BCUT2D eigenvalue weighted by atomic mass is 19.4. The summed E-state index contributed by atoms with van der Waals surface area (Å²) in [4.78, 5) is 15.1. The van der Waals surface area contributed by atoms with Crippen molar-refractivity contribution in [2.75, 3.05) is 6.54 Å². The first kappa shape index (κ1) is 26.4. The summed E-state index contributed by atoms with van der Waals surface area (Å²) < 4.78 is 99.8. The van der Waals surface area contributed by atoms with Crippen LogP contribution in [0.15, 0.2) is 85.5 Å². The number of ether oxygens (including phenoxy) is 1. The van der Waals surface area contributed by atoms with E-state index in [4.69, 9.17) is 4.74 Å². The molecule has 1 aliphatic heterocycles. The maximum Gasteiger partial charge on any atom is 0.416 e. The molecule has 3 nitrogen and oxygen atoms in total. The lowest BCUT2D eigenvalue weighted by Crippen LogP contribution is -2.56. The van der Waals surface area contributed by atoms with Gasteiger partial charge in [-0.15, -0.1) is 6.58 Å². The van der Waals surface area contributed by atoms with Crippen LogP contribution in [0.25, 0.3) is 0 Å². The van der Waals surface area contributed by atoms with Crippen LogP contribution in [-0.2, 0) is 34.0 Å². The maximum atomic E-state index is 13.6. The second-order valence-corrected chi connectivity index (χ2v) is 8.58. The summed E-state index contributed by atoms with van der Waals surface area (Å²) >= 11 is 0. The van der Waals surface area contributed by atoms with Gasteiger partial charge in [-0.3, -0.25) is 4.90 Å². The minimum atomic E-state index is -5.06. The van der Waals surface area contributed by atoms with Gasteiger partial charge in [-0.2, -0.15) is 26.3 Å². The third-order valence-electron chi connectivity index (χ3n) is 6.22. The number of morpholine rings is 1. The van der Waals surface area contributed by atoms with Crippen LogP contribution in [0.1, 0.15) is 33.9 Å². The smallest absolute Gasteiger partial charge is 0.416 e. The van der Waals surface area contributed by atoms with Gasteiger partial charge in [-0.25, -0.2) is 9.18 Å². The van der Waals surface area contributed by atoms with Crippen molar-refractivity contribution in [3.05, 3.63) is 119 Å². The number of halogens is 7. The average molecular weight is 523 g/mol. The molecular weight excluding hydrogens is 503 g/mol. The summed E-state index contributed by atoms with van der Waals surface area (Å²) in [5.74, 6) is -1.53. The fourth-order valence-corrected chi connectivity index (χ4v) is 4.40. The number of cyclic esters (lactones) is 1. The molecule has 0 aliphatic carbocycles. The lowest BCUT2D eigenvalue weighted by molar-refractivity contribution is -0.176. The molecule has 0 saturated carbocycles. The van der Waals surface area contributed by atoms with Crippen LogP contribution in [0.2, 0.25) is 0 Å². The van der Waals surface area contributed by atoms with E-state index in [1.807, 2.05) is 0 Å². The highest BCUT2D eigenvalue weighted by molar-refractivity contribution is 5.86. The highest BCUT2D eigenvalue weighted by Gasteiger charge is 2.50. The number of hydrogen-bond donors (Lipinski definition) is 0. The first-order chi connectivity index (χ1) is 17.3. The monoisotopic (exact) mass is 523 g/mol. The van der Waals surface area contributed by atoms with Crippen molar-refractivity contribution in [3.8, 4) is 0 Å². The van der Waals surface area contributed by atoms with E-state index >= 15 is 0 Å². The van der Waals surface area contributed by atoms with Crippen molar-refractivity contribution in [2.45, 2.75) is 30.5 Å². The molecule has 1 heterocycles. The number of nitrogens with zero attached hydrogens (tertiary/aromatic N) is 1. The predicted molar refractivity (Wildman–Crippen MR) is 120 cm³/mol. The molecule has 3 aromatic carbocycles. The molecule has 0 amide bonds. The van der Waals surface area contributed by atoms with Gasteiger partial charge < -0.3 is 4.74 Å². The SMILES string of the molecule is C=CC1(c2ccc(F)cc2)C(=O)OC(c2cc(C(F)(F)F)cc(C(F)(F)F)c2)CN1Cc1ccccc1. The molecule has 0 spiro atoms. The number of rotatable bonds is 5. The van der Waals surface area contributed by atoms with Gasteiger partial charge in [0.05, 0.1) is 11.1 Å². The van der Waals surface area contributed by atoms with Crippen LogP contribution in [0.3, 0.4) is 0 Å². The van der Waals surface area contributed by atoms with Gasteiger partial charge in [-0.1, -0.05) is 48.5 Å². The van der Waals surface area contributed by atoms with Gasteiger partial charge in [0.1, 0.15) is 11.9 Å². The predicted octanol–water partition coefficient (Wildman–Crippen LogP) is 7.04. The lowest BCUT2D eigenvalue weighted by atomic mass is 9.85. The van der Waals surface area contributed by atoms with Gasteiger partial charge in [-0.05, 0) is 47.0 Å². The third-order valence-corrected chi connectivity index (χ3v) is 6.22. The summed E-state index contributed by atoms with van der Waals surface area (Å²) in [6.45, 7) is 3.56. The zero-order valence-corrected chi connectivity index (χ0v) is 19.1. The van der Waals surface area contributed by atoms with Gasteiger partial charge in [0.15, 0.2) is 5.54 Å².